The first kappa shape index (κ1) is 9.14. The number of hydrogen-bond donors (Lipinski definition) is 0. The van der Waals surface area contributed by atoms with Gasteiger partial charge in [0.25, 0.3) is 0 Å². The van der Waals surface area contributed by atoms with Gasteiger partial charge >= 0.3 is 0 Å². The second kappa shape index (κ2) is 2.18. The van der Waals surface area contributed by atoms with Crippen LogP contribution in [0.25, 0.3) is 0 Å². The molecule has 70 valence electrons. The minimum Gasteiger partial charge on any atom is -0.225 e. The minimum absolute atomic E-state index is 0.222. The molecule has 13 heavy (non-hydrogen) atoms. The Morgan fingerprint density at radius 2 is 1.54 bits per heavy atom. The van der Waals surface area contributed by atoms with Crippen LogP contribution >= 0.6 is 45.2 Å². The van der Waals surface area contributed by atoms with Crippen molar-refractivity contribution in [1.82, 2.24) is 0 Å². The summed E-state index contributed by atoms with van der Waals surface area (Å²) in [5.74, 6) is 0.444. The molecule has 1 fully saturated rings. The van der Waals surface area contributed by atoms with Gasteiger partial charge in [0, 0.05) is 11.8 Å². The Kier molecular flexibility index (Phi) is 1.54. The van der Waals surface area contributed by atoms with Gasteiger partial charge in [-0.05, 0) is 0 Å². The van der Waals surface area contributed by atoms with E-state index < -0.39 is 15.3 Å². The van der Waals surface area contributed by atoms with E-state index in [9.17, 15) is 8.42 Å². The van der Waals surface area contributed by atoms with Crippen molar-refractivity contribution in [2.24, 2.45) is 11.8 Å². The lowest BCUT2D eigenvalue weighted by Crippen LogP contribution is -2.40. The zero-order valence-electron chi connectivity index (χ0n) is 6.44. The quantitative estimate of drug-likeness (QED) is 0.342. The SMILES string of the molecule is O=S1(=O)C2(I)C=C[C@@H]3[C@H](C=C2)C31I. The molecule has 5 heteroatoms. The van der Waals surface area contributed by atoms with Crippen molar-refractivity contribution in [3.63, 3.8) is 0 Å². The van der Waals surface area contributed by atoms with Crippen molar-refractivity contribution in [3.8, 4) is 0 Å². The Bertz CT molecular complexity index is 429. The van der Waals surface area contributed by atoms with Crippen LogP contribution in [0.1, 0.15) is 0 Å². The van der Waals surface area contributed by atoms with Gasteiger partial charge in [-0.25, -0.2) is 8.42 Å². The molecule has 0 saturated heterocycles. The summed E-state index contributed by atoms with van der Waals surface area (Å²) >= 11 is 4.14. The molecule has 4 atom stereocenters. The maximum atomic E-state index is 12.1. The molecular formula is C8H6I2O2S. The summed E-state index contributed by atoms with van der Waals surface area (Å²) in [4.78, 5) is 0. The van der Waals surface area contributed by atoms with E-state index in [2.05, 4.69) is 34.7 Å². The molecule has 3 rings (SSSR count). The van der Waals surface area contributed by atoms with E-state index >= 15 is 0 Å². The second-order valence-electron chi connectivity index (χ2n) is 3.67. The average Bonchev–Trinajstić information content (AvgIpc) is 2.68. The van der Waals surface area contributed by atoms with Gasteiger partial charge in [-0.15, -0.1) is 0 Å². The summed E-state index contributed by atoms with van der Waals surface area (Å²) in [6.45, 7) is 0. The third-order valence-electron chi connectivity index (χ3n) is 3.07. The molecular weight excluding hydrogens is 414 g/mol. The van der Waals surface area contributed by atoms with Crippen molar-refractivity contribution >= 4 is 55.0 Å². The van der Waals surface area contributed by atoms with Gasteiger partial charge < -0.3 is 0 Å². The lowest BCUT2D eigenvalue weighted by molar-refractivity contribution is 0.585. The fourth-order valence-electron chi connectivity index (χ4n) is 2.19. The Balaban J connectivity index is 2.41. The number of alkyl halides is 2. The van der Waals surface area contributed by atoms with Crippen molar-refractivity contribution in [1.29, 1.82) is 0 Å². The lowest BCUT2D eigenvalue weighted by Gasteiger charge is -2.29. The molecule has 1 aliphatic carbocycles. The highest BCUT2D eigenvalue weighted by Crippen LogP contribution is 2.70. The first-order valence-electron chi connectivity index (χ1n) is 3.94. The molecule has 0 amide bonds. The number of fused-ring (bicyclic) bond motifs is 2. The van der Waals surface area contributed by atoms with Crippen LogP contribution in [0.2, 0.25) is 0 Å². The predicted molar refractivity (Wildman–Crippen MR) is 67.7 cm³/mol. The van der Waals surface area contributed by atoms with Crippen LogP contribution in [-0.4, -0.2) is 13.9 Å². The lowest BCUT2D eigenvalue weighted by atomic mass is 10.3. The molecule has 1 saturated carbocycles. The topological polar surface area (TPSA) is 34.1 Å². The van der Waals surface area contributed by atoms with E-state index in [1.807, 2.05) is 34.7 Å². The van der Waals surface area contributed by atoms with E-state index in [0.717, 1.165) is 0 Å². The summed E-state index contributed by atoms with van der Waals surface area (Å²) < 4.78 is 23.0. The van der Waals surface area contributed by atoms with Crippen LogP contribution in [0.4, 0.5) is 0 Å². The monoisotopic (exact) mass is 420 g/mol. The van der Waals surface area contributed by atoms with E-state index in [1.165, 1.54) is 0 Å². The highest BCUT2D eigenvalue weighted by molar-refractivity contribution is 14.1. The molecule has 0 aromatic rings. The second-order valence-corrected chi connectivity index (χ2v) is 11.1. The Morgan fingerprint density at radius 1 is 1.08 bits per heavy atom. The summed E-state index contributed by atoms with van der Waals surface area (Å²) in [5, 5.41) is 0. The summed E-state index contributed by atoms with van der Waals surface area (Å²) in [6.07, 6.45) is 7.77. The molecule has 0 N–H and O–H groups in total. The van der Waals surface area contributed by atoms with E-state index in [0.29, 0.717) is 0 Å². The fraction of sp³-hybridized carbons (Fsp3) is 0.500. The van der Waals surface area contributed by atoms with Gasteiger partial charge in [0.05, 0.1) is 0 Å². The zero-order chi connectivity index (χ0) is 9.48. The smallest absolute Gasteiger partial charge is 0.188 e. The molecule has 0 aromatic carbocycles. The number of rotatable bonds is 0. The van der Waals surface area contributed by atoms with Gasteiger partial charge in [-0.3, -0.25) is 0 Å². The van der Waals surface area contributed by atoms with Crippen LogP contribution in [-0.2, 0) is 9.84 Å². The van der Waals surface area contributed by atoms with Crippen LogP contribution in [0.15, 0.2) is 24.3 Å². The van der Waals surface area contributed by atoms with Crippen molar-refractivity contribution < 1.29 is 8.42 Å². The molecule has 0 spiro atoms. The molecule has 2 bridgehead atoms. The Morgan fingerprint density at radius 3 is 1.92 bits per heavy atom. The highest BCUT2D eigenvalue weighted by atomic mass is 127. The average molecular weight is 420 g/mol. The molecule has 2 heterocycles. The van der Waals surface area contributed by atoms with Gasteiger partial charge in [0.2, 0.25) is 0 Å². The Hall–Kier alpha value is 0.890. The molecule has 2 unspecified atom stereocenters. The van der Waals surface area contributed by atoms with Gasteiger partial charge in [0.15, 0.2) is 12.6 Å². The molecule has 2 nitrogen and oxygen atoms in total. The largest absolute Gasteiger partial charge is 0.225 e. The standard InChI is InChI=1S/C8H6I2O2S/c9-7-3-1-5-6(2-4-7)8(5,10)13(7,11)12/h1-6H/t5-,6+,7?,8?. The third-order valence-corrected chi connectivity index (χ3v) is 11.2. The van der Waals surface area contributed by atoms with Crippen LogP contribution in [0.5, 0.6) is 0 Å². The Labute approximate surface area is 104 Å². The van der Waals surface area contributed by atoms with Crippen LogP contribution in [0, 0.1) is 11.8 Å². The van der Waals surface area contributed by atoms with Crippen LogP contribution in [0.3, 0.4) is 0 Å². The van der Waals surface area contributed by atoms with Crippen molar-refractivity contribution in [2.75, 3.05) is 0 Å². The van der Waals surface area contributed by atoms with Gasteiger partial charge in [-0.2, -0.15) is 0 Å². The molecule has 0 radical (unpaired) electrons. The maximum Gasteiger partial charge on any atom is 0.188 e. The summed E-state index contributed by atoms with van der Waals surface area (Å²) in [6, 6.07) is 0. The zero-order valence-corrected chi connectivity index (χ0v) is 11.6. The van der Waals surface area contributed by atoms with Crippen molar-refractivity contribution in [2.45, 2.75) is 5.51 Å². The maximum absolute atomic E-state index is 12.1. The third kappa shape index (κ3) is 0.759. The first-order chi connectivity index (χ1) is 5.93. The van der Waals surface area contributed by atoms with Gasteiger partial charge in [0.1, 0.15) is 2.75 Å². The van der Waals surface area contributed by atoms with Gasteiger partial charge in [-0.1, -0.05) is 69.5 Å². The summed E-state index contributed by atoms with van der Waals surface area (Å²) in [7, 11) is -3.03. The van der Waals surface area contributed by atoms with E-state index in [1.54, 1.807) is 0 Å². The molecule has 3 aliphatic rings. The minimum atomic E-state index is -3.03. The fourth-order valence-corrected chi connectivity index (χ4v) is 9.16. The molecule has 0 aromatic heterocycles. The number of allylic oxidation sites excluding steroid dienone is 2. The number of halogens is 2. The number of sulfone groups is 1. The highest BCUT2D eigenvalue weighted by Gasteiger charge is 2.76. The van der Waals surface area contributed by atoms with Crippen molar-refractivity contribution in [3.05, 3.63) is 24.3 Å². The van der Waals surface area contributed by atoms with E-state index in [4.69, 9.17) is 0 Å². The van der Waals surface area contributed by atoms with Crippen LogP contribution < -0.4 is 0 Å². The molecule has 2 aliphatic heterocycles. The van der Waals surface area contributed by atoms with E-state index in [-0.39, 0.29) is 11.8 Å². The number of hydrogen-bond acceptors (Lipinski definition) is 2. The first-order valence-corrected chi connectivity index (χ1v) is 7.58. The summed E-state index contributed by atoms with van der Waals surface area (Å²) in [5.41, 5.74) is 0. The normalized spacial score (nSPS) is 59.2. The predicted octanol–water partition coefficient (Wildman–Crippen LogP) is 2.05.